The highest BCUT2D eigenvalue weighted by Crippen LogP contribution is 2.58. The molecule has 2 unspecified atom stereocenters. The molecule has 4 atom stereocenters. The standard InChI is InChI=1S/C30H32FN5O4S/c31-21-3-6-25(33-16-21)29-34-26(18-1-4-22(5-2-18)36-9-11-41(38,39)12-10-36)27(40-29)23-14-19-13-20(19)15-24(23)28(37)35-30(17-32)7-8-30/h1-6,16,19-20,23-24,38-39H,7-15H2,(H,35,37)/t19?,20?,23-,24-/m1/s1. The Morgan fingerprint density at radius 2 is 1.83 bits per heavy atom. The molecule has 1 amide bonds. The van der Waals surface area contributed by atoms with E-state index < -0.39 is 21.9 Å². The van der Waals surface area contributed by atoms with Gasteiger partial charge in [0, 0.05) is 36.2 Å². The van der Waals surface area contributed by atoms with Crippen molar-refractivity contribution in [3.8, 4) is 28.9 Å². The molecule has 0 spiro atoms. The molecule has 1 aromatic carbocycles. The molecule has 0 radical (unpaired) electrons. The fraction of sp³-hybridized carbons (Fsp3) is 0.467. The minimum absolute atomic E-state index is 0.102. The lowest BCUT2D eigenvalue weighted by atomic mass is 9.76. The van der Waals surface area contributed by atoms with Crippen LogP contribution in [-0.4, -0.2) is 55.1 Å². The van der Waals surface area contributed by atoms with Gasteiger partial charge in [-0.3, -0.25) is 13.9 Å². The van der Waals surface area contributed by atoms with Gasteiger partial charge in [-0.15, -0.1) is 0 Å². The van der Waals surface area contributed by atoms with Crippen LogP contribution < -0.4 is 10.2 Å². The second-order valence-corrected chi connectivity index (χ2v) is 14.4. The Kier molecular flexibility index (Phi) is 6.34. The molecule has 3 aliphatic carbocycles. The molecule has 3 saturated carbocycles. The van der Waals surface area contributed by atoms with E-state index in [4.69, 9.17) is 9.40 Å². The van der Waals surface area contributed by atoms with Gasteiger partial charge in [0.25, 0.3) is 0 Å². The Balaban J connectivity index is 1.24. The van der Waals surface area contributed by atoms with E-state index in [1.54, 1.807) is 0 Å². The Bertz CT molecular complexity index is 1510. The number of nitriles is 1. The van der Waals surface area contributed by atoms with Crippen molar-refractivity contribution in [3.63, 3.8) is 0 Å². The third-order valence-electron chi connectivity index (χ3n) is 9.15. The number of amides is 1. The molecule has 0 bridgehead atoms. The molecule has 11 heteroatoms. The topological polar surface area (TPSA) is 136 Å². The van der Waals surface area contributed by atoms with Crippen molar-refractivity contribution in [1.82, 2.24) is 15.3 Å². The minimum atomic E-state index is -2.49. The van der Waals surface area contributed by atoms with Crippen molar-refractivity contribution in [2.45, 2.75) is 43.6 Å². The molecule has 2 aromatic heterocycles. The van der Waals surface area contributed by atoms with Gasteiger partial charge >= 0.3 is 0 Å². The molecule has 1 aliphatic heterocycles. The number of pyridine rings is 1. The number of rotatable bonds is 6. The summed E-state index contributed by atoms with van der Waals surface area (Å²) in [5.41, 5.74) is 2.11. The second kappa shape index (κ2) is 9.82. The number of halogens is 1. The van der Waals surface area contributed by atoms with Crippen molar-refractivity contribution in [2.24, 2.45) is 17.8 Å². The van der Waals surface area contributed by atoms with Crippen molar-refractivity contribution in [3.05, 3.63) is 54.2 Å². The number of aromatic nitrogens is 2. The van der Waals surface area contributed by atoms with E-state index in [0.717, 1.165) is 36.7 Å². The number of hydrogen-bond acceptors (Lipinski definition) is 8. The van der Waals surface area contributed by atoms with Gasteiger partial charge in [-0.05, 0) is 68.2 Å². The minimum Gasteiger partial charge on any atom is -0.439 e. The third-order valence-corrected chi connectivity index (χ3v) is 10.8. The molecule has 1 saturated heterocycles. The summed E-state index contributed by atoms with van der Waals surface area (Å²) in [6.45, 7) is 1.14. The Labute approximate surface area is 239 Å². The van der Waals surface area contributed by atoms with Crippen LogP contribution in [0.5, 0.6) is 0 Å². The summed E-state index contributed by atoms with van der Waals surface area (Å²) in [6.07, 6.45) is 5.13. The lowest BCUT2D eigenvalue weighted by molar-refractivity contribution is -0.127. The monoisotopic (exact) mass is 577 g/mol. The number of carbonyl (C=O) groups is 1. The van der Waals surface area contributed by atoms with Gasteiger partial charge in [0.2, 0.25) is 11.8 Å². The van der Waals surface area contributed by atoms with E-state index in [2.05, 4.69) is 21.3 Å². The Hall–Kier alpha value is -3.46. The van der Waals surface area contributed by atoms with Crippen molar-refractivity contribution in [1.29, 1.82) is 5.26 Å². The molecule has 9 nitrogen and oxygen atoms in total. The number of benzene rings is 1. The zero-order chi connectivity index (χ0) is 28.4. The van der Waals surface area contributed by atoms with E-state index >= 15 is 0 Å². The van der Waals surface area contributed by atoms with E-state index in [-0.39, 0.29) is 23.6 Å². The molecule has 3 aromatic rings. The fourth-order valence-electron chi connectivity index (χ4n) is 6.38. The number of nitrogens with zero attached hydrogens (tertiary/aromatic N) is 4. The van der Waals surface area contributed by atoms with Crippen LogP contribution in [0, 0.1) is 34.9 Å². The van der Waals surface area contributed by atoms with E-state index in [1.807, 2.05) is 24.3 Å². The molecular formula is C30H32FN5O4S. The average molecular weight is 578 g/mol. The van der Waals surface area contributed by atoms with Gasteiger partial charge < -0.3 is 14.6 Å². The summed E-state index contributed by atoms with van der Waals surface area (Å²) in [6, 6.07) is 13.0. The lowest BCUT2D eigenvalue weighted by Gasteiger charge is -2.41. The van der Waals surface area contributed by atoms with E-state index in [9.17, 15) is 23.6 Å². The number of hydrogen-bond donors (Lipinski definition) is 3. The van der Waals surface area contributed by atoms with Gasteiger partial charge in [0.1, 0.15) is 28.5 Å². The zero-order valence-corrected chi connectivity index (χ0v) is 23.3. The summed E-state index contributed by atoms with van der Waals surface area (Å²) in [4.78, 5) is 24.7. The van der Waals surface area contributed by atoms with Crippen LogP contribution in [0.25, 0.3) is 22.8 Å². The van der Waals surface area contributed by atoms with Crippen molar-refractivity contribution >= 4 is 22.2 Å². The van der Waals surface area contributed by atoms with Crippen LogP contribution in [0.4, 0.5) is 10.1 Å². The number of carbonyl (C=O) groups excluding carboxylic acids is 1. The van der Waals surface area contributed by atoms with Crippen LogP contribution in [0.15, 0.2) is 47.0 Å². The zero-order valence-electron chi connectivity index (χ0n) is 22.5. The number of oxazole rings is 1. The molecule has 3 N–H and O–H groups in total. The molecular weight excluding hydrogens is 545 g/mol. The maximum atomic E-state index is 13.6. The summed E-state index contributed by atoms with van der Waals surface area (Å²) < 4.78 is 40.0. The first-order valence-corrected chi connectivity index (χ1v) is 16.1. The van der Waals surface area contributed by atoms with Crippen molar-refractivity contribution < 1.29 is 22.7 Å². The number of fused-ring (bicyclic) bond motifs is 1. The molecule has 3 heterocycles. The summed E-state index contributed by atoms with van der Waals surface area (Å²) in [7, 11) is -2.49. The Morgan fingerprint density at radius 3 is 2.49 bits per heavy atom. The van der Waals surface area contributed by atoms with Crippen LogP contribution in [0.2, 0.25) is 0 Å². The van der Waals surface area contributed by atoms with Gasteiger partial charge in [0.05, 0.1) is 23.8 Å². The summed E-state index contributed by atoms with van der Waals surface area (Å²) in [5.74, 6) is 1.56. The number of nitrogens with one attached hydrogen (secondary N) is 1. The molecule has 214 valence electrons. The van der Waals surface area contributed by atoms with E-state index in [0.29, 0.717) is 66.4 Å². The normalized spacial score (nSPS) is 28.2. The van der Waals surface area contributed by atoms with Gasteiger partial charge in [-0.2, -0.15) is 15.9 Å². The predicted molar refractivity (Wildman–Crippen MR) is 153 cm³/mol. The van der Waals surface area contributed by atoms with Crippen molar-refractivity contribution in [2.75, 3.05) is 29.5 Å². The summed E-state index contributed by atoms with van der Waals surface area (Å²) >= 11 is 0. The van der Waals surface area contributed by atoms with Crippen LogP contribution >= 0.6 is 10.6 Å². The van der Waals surface area contributed by atoms with Crippen LogP contribution in [0.1, 0.15) is 43.8 Å². The van der Waals surface area contributed by atoms with Crippen LogP contribution in [0.3, 0.4) is 0 Å². The first-order chi connectivity index (χ1) is 19.7. The quantitative estimate of drug-likeness (QED) is 0.354. The average Bonchev–Trinajstić information content (AvgIpc) is 3.88. The van der Waals surface area contributed by atoms with Gasteiger partial charge in [-0.1, -0.05) is 12.1 Å². The molecule has 4 fully saturated rings. The highest BCUT2D eigenvalue weighted by molar-refractivity contribution is 8.24. The first kappa shape index (κ1) is 26.4. The maximum Gasteiger partial charge on any atom is 0.245 e. The number of anilines is 1. The molecule has 4 aliphatic rings. The highest BCUT2D eigenvalue weighted by atomic mass is 32.3. The maximum absolute atomic E-state index is 13.6. The first-order valence-electron chi connectivity index (χ1n) is 14.2. The second-order valence-electron chi connectivity index (χ2n) is 12.0. The predicted octanol–water partition coefficient (Wildman–Crippen LogP) is 5.42. The van der Waals surface area contributed by atoms with Gasteiger partial charge in [0.15, 0.2) is 0 Å². The lowest BCUT2D eigenvalue weighted by Crippen LogP contribution is -2.42. The SMILES string of the molecule is N#CC1(NC(=O)[C@@H]2CC3CC3C[C@H]2c2oc(-c3ccc(F)cn3)nc2-c2ccc(N3CCS(O)(O)CC3)cc2)CC1. The van der Waals surface area contributed by atoms with Crippen LogP contribution in [-0.2, 0) is 4.79 Å². The largest absolute Gasteiger partial charge is 0.439 e. The van der Waals surface area contributed by atoms with Gasteiger partial charge in [-0.25, -0.2) is 14.4 Å². The fourth-order valence-corrected chi connectivity index (χ4v) is 7.61. The smallest absolute Gasteiger partial charge is 0.245 e. The van der Waals surface area contributed by atoms with E-state index in [1.165, 1.54) is 12.1 Å². The third kappa shape index (κ3) is 5.20. The molecule has 41 heavy (non-hydrogen) atoms. The highest BCUT2D eigenvalue weighted by Gasteiger charge is 2.53. The molecule has 7 rings (SSSR count). The Morgan fingerprint density at radius 1 is 1.10 bits per heavy atom. The summed E-state index contributed by atoms with van der Waals surface area (Å²) in [5, 5.41) is 12.6.